The molecular formula is C20H26Cl2N4O3. The Balaban J connectivity index is 0.00000210. The van der Waals surface area contributed by atoms with Gasteiger partial charge in [0.2, 0.25) is 11.8 Å². The number of ether oxygens (including phenoxy) is 1. The Morgan fingerprint density at radius 3 is 2.34 bits per heavy atom. The maximum atomic E-state index is 12.5. The smallest absolute Gasteiger partial charge is 0.241 e. The first-order chi connectivity index (χ1) is 13.1. The van der Waals surface area contributed by atoms with Gasteiger partial charge in [0.25, 0.3) is 0 Å². The maximum Gasteiger partial charge on any atom is 0.241 e. The zero-order valence-corrected chi connectivity index (χ0v) is 17.4. The van der Waals surface area contributed by atoms with E-state index in [4.69, 9.17) is 10.5 Å². The first kappa shape index (κ1) is 24.7. The van der Waals surface area contributed by atoms with E-state index in [2.05, 4.69) is 16.0 Å². The Hall–Kier alpha value is -2.32. The molecule has 2 aromatic carbocycles. The predicted octanol–water partition coefficient (Wildman–Crippen LogP) is 2.46. The van der Waals surface area contributed by atoms with Crippen LogP contribution in [0.1, 0.15) is 12.8 Å². The van der Waals surface area contributed by atoms with E-state index in [0.717, 1.165) is 12.2 Å². The zero-order chi connectivity index (χ0) is 19.1. The second kappa shape index (κ2) is 12.3. The summed E-state index contributed by atoms with van der Waals surface area (Å²) in [5, 5.41) is 8.93. The number of nitrogens with two attached hydrogens (primary N) is 1. The molecule has 0 saturated carbocycles. The van der Waals surface area contributed by atoms with Crippen LogP contribution >= 0.6 is 24.8 Å². The van der Waals surface area contributed by atoms with Crippen LogP contribution in [0, 0.1) is 0 Å². The third-order valence-corrected chi connectivity index (χ3v) is 4.37. The summed E-state index contributed by atoms with van der Waals surface area (Å²) >= 11 is 0. The van der Waals surface area contributed by atoms with Gasteiger partial charge >= 0.3 is 0 Å². The molecule has 158 valence electrons. The molecular weight excluding hydrogens is 415 g/mol. The molecule has 2 aromatic rings. The van der Waals surface area contributed by atoms with Crippen LogP contribution in [0.3, 0.4) is 0 Å². The summed E-state index contributed by atoms with van der Waals surface area (Å²) in [5.41, 5.74) is 6.02. The third kappa shape index (κ3) is 7.55. The Bertz CT molecular complexity index is 775. The van der Waals surface area contributed by atoms with E-state index < -0.39 is 0 Å². The minimum Gasteiger partial charge on any atom is -0.457 e. The SMILES string of the molecule is Cl.Cl.NCC(=O)N[C@@H]1CCN[C@@H](C(=O)Nc2ccc(Oc3ccccc3)cc2)C1. The molecule has 2 atom stereocenters. The lowest BCUT2D eigenvalue weighted by Gasteiger charge is -2.30. The van der Waals surface area contributed by atoms with Crippen molar-refractivity contribution >= 4 is 42.3 Å². The van der Waals surface area contributed by atoms with Gasteiger partial charge < -0.3 is 26.4 Å². The van der Waals surface area contributed by atoms with Gasteiger partial charge in [-0.2, -0.15) is 0 Å². The molecule has 0 unspecified atom stereocenters. The molecule has 0 bridgehead atoms. The van der Waals surface area contributed by atoms with Gasteiger partial charge in [-0.25, -0.2) is 0 Å². The van der Waals surface area contributed by atoms with E-state index in [9.17, 15) is 9.59 Å². The molecule has 29 heavy (non-hydrogen) atoms. The summed E-state index contributed by atoms with van der Waals surface area (Å²) < 4.78 is 5.74. The van der Waals surface area contributed by atoms with Gasteiger partial charge in [-0.1, -0.05) is 18.2 Å². The Labute approximate surface area is 182 Å². The lowest BCUT2D eigenvalue weighted by Crippen LogP contribution is -2.53. The minimum atomic E-state index is -0.359. The van der Waals surface area contributed by atoms with Gasteiger partial charge in [-0.05, 0) is 55.8 Å². The van der Waals surface area contributed by atoms with Crippen LogP contribution in [-0.4, -0.2) is 37.0 Å². The number of halogens is 2. The second-order valence-electron chi connectivity index (χ2n) is 6.43. The normalized spacial score (nSPS) is 17.8. The van der Waals surface area contributed by atoms with Crippen LogP contribution in [0.2, 0.25) is 0 Å². The fraction of sp³-hybridized carbons (Fsp3) is 0.300. The van der Waals surface area contributed by atoms with Crippen LogP contribution in [0.5, 0.6) is 11.5 Å². The molecule has 0 aromatic heterocycles. The van der Waals surface area contributed by atoms with Crippen molar-refractivity contribution < 1.29 is 14.3 Å². The van der Waals surface area contributed by atoms with Crippen LogP contribution in [0.15, 0.2) is 54.6 Å². The summed E-state index contributed by atoms with van der Waals surface area (Å²) in [7, 11) is 0. The highest BCUT2D eigenvalue weighted by Crippen LogP contribution is 2.23. The van der Waals surface area contributed by atoms with Crippen molar-refractivity contribution in [3.05, 3.63) is 54.6 Å². The van der Waals surface area contributed by atoms with Crippen molar-refractivity contribution in [1.29, 1.82) is 0 Å². The van der Waals surface area contributed by atoms with Gasteiger partial charge in [-0.15, -0.1) is 24.8 Å². The standard InChI is InChI=1S/C20H24N4O3.2ClH/c21-13-19(25)23-15-10-11-22-18(12-15)20(26)24-14-6-8-17(9-7-14)27-16-4-2-1-3-5-16;;/h1-9,15,18,22H,10-13,21H2,(H,23,25)(H,24,26);2*1H/t15-,18-;;/m1../s1. The zero-order valence-electron chi connectivity index (χ0n) is 15.8. The van der Waals surface area contributed by atoms with Crippen molar-refractivity contribution in [2.24, 2.45) is 5.73 Å². The van der Waals surface area contributed by atoms with Gasteiger partial charge in [0.15, 0.2) is 0 Å². The first-order valence-electron chi connectivity index (χ1n) is 9.00. The minimum absolute atomic E-state index is 0. The van der Waals surface area contributed by atoms with E-state index >= 15 is 0 Å². The Kier molecular flexibility index (Phi) is 10.5. The van der Waals surface area contributed by atoms with Crippen molar-refractivity contribution in [3.8, 4) is 11.5 Å². The number of hydrogen-bond donors (Lipinski definition) is 4. The van der Waals surface area contributed by atoms with Gasteiger partial charge in [-0.3, -0.25) is 9.59 Å². The van der Waals surface area contributed by atoms with Crippen LogP contribution in [0.4, 0.5) is 5.69 Å². The van der Waals surface area contributed by atoms with E-state index in [0.29, 0.717) is 24.4 Å². The molecule has 0 radical (unpaired) electrons. The van der Waals surface area contributed by atoms with Crippen LogP contribution in [-0.2, 0) is 9.59 Å². The lowest BCUT2D eigenvalue weighted by atomic mass is 9.98. The van der Waals surface area contributed by atoms with Crippen LogP contribution in [0.25, 0.3) is 0 Å². The molecule has 0 aliphatic carbocycles. The van der Waals surface area contributed by atoms with Gasteiger partial charge in [0.05, 0.1) is 12.6 Å². The average molecular weight is 441 g/mol. The molecule has 1 aliphatic heterocycles. The third-order valence-electron chi connectivity index (χ3n) is 4.37. The largest absolute Gasteiger partial charge is 0.457 e. The molecule has 9 heteroatoms. The second-order valence-corrected chi connectivity index (χ2v) is 6.43. The Morgan fingerprint density at radius 1 is 1.03 bits per heavy atom. The number of benzene rings is 2. The summed E-state index contributed by atoms with van der Waals surface area (Å²) in [6.07, 6.45) is 1.31. The van der Waals surface area contributed by atoms with E-state index in [1.165, 1.54) is 0 Å². The number of hydrogen-bond acceptors (Lipinski definition) is 5. The average Bonchev–Trinajstić information content (AvgIpc) is 2.70. The first-order valence-corrected chi connectivity index (χ1v) is 9.00. The van der Waals surface area contributed by atoms with E-state index in [1.807, 2.05) is 30.3 Å². The molecule has 5 N–H and O–H groups in total. The van der Waals surface area contributed by atoms with Gasteiger partial charge in [0, 0.05) is 11.7 Å². The quantitative estimate of drug-likeness (QED) is 0.551. The van der Waals surface area contributed by atoms with Crippen LogP contribution < -0.4 is 26.4 Å². The number of amides is 2. The molecule has 1 aliphatic rings. The Morgan fingerprint density at radius 2 is 1.69 bits per heavy atom. The number of carbonyl (C=O) groups is 2. The molecule has 7 nitrogen and oxygen atoms in total. The summed E-state index contributed by atoms with van der Waals surface area (Å²) in [5.74, 6) is 1.12. The fourth-order valence-corrected chi connectivity index (χ4v) is 3.00. The monoisotopic (exact) mass is 440 g/mol. The summed E-state index contributed by atoms with van der Waals surface area (Å²) in [6, 6.07) is 16.3. The van der Waals surface area contributed by atoms with Crippen molar-refractivity contribution in [3.63, 3.8) is 0 Å². The maximum absolute atomic E-state index is 12.5. The molecule has 1 fully saturated rings. The lowest BCUT2D eigenvalue weighted by molar-refractivity contribution is -0.122. The van der Waals surface area contributed by atoms with Gasteiger partial charge in [0.1, 0.15) is 11.5 Å². The van der Waals surface area contributed by atoms with E-state index in [1.54, 1.807) is 24.3 Å². The van der Waals surface area contributed by atoms with Crippen molar-refractivity contribution in [1.82, 2.24) is 10.6 Å². The molecule has 3 rings (SSSR count). The van der Waals surface area contributed by atoms with E-state index in [-0.39, 0.29) is 55.3 Å². The highest BCUT2D eigenvalue weighted by molar-refractivity contribution is 5.95. The highest BCUT2D eigenvalue weighted by atomic mass is 35.5. The number of anilines is 1. The molecule has 1 saturated heterocycles. The topological polar surface area (TPSA) is 105 Å². The molecule has 1 heterocycles. The molecule has 0 spiro atoms. The van der Waals surface area contributed by atoms with Crippen molar-refractivity contribution in [2.45, 2.75) is 24.9 Å². The molecule has 2 amide bonds. The summed E-state index contributed by atoms with van der Waals surface area (Å²) in [6.45, 7) is 0.621. The number of piperidine rings is 1. The highest BCUT2D eigenvalue weighted by Gasteiger charge is 2.27. The number of carbonyl (C=O) groups excluding carboxylic acids is 2. The summed E-state index contributed by atoms with van der Waals surface area (Å²) in [4.78, 5) is 23.9. The number of nitrogens with one attached hydrogen (secondary N) is 3. The fourth-order valence-electron chi connectivity index (χ4n) is 3.00. The van der Waals surface area contributed by atoms with Crippen molar-refractivity contribution in [2.75, 3.05) is 18.4 Å². The number of rotatable bonds is 6. The number of para-hydroxylation sites is 1. The predicted molar refractivity (Wildman–Crippen MR) is 118 cm³/mol.